The Kier molecular flexibility index (Phi) is 3.84. The minimum absolute atomic E-state index is 0.262. The van der Waals surface area contributed by atoms with Gasteiger partial charge in [-0.1, -0.05) is 0 Å². The number of pyridine rings is 2. The minimum atomic E-state index is 0.262. The number of anilines is 2. The molecule has 20 heavy (non-hydrogen) atoms. The maximum atomic E-state index is 7.72. The summed E-state index contributed by atoms with van der Waals surface area (Å²) in [5.74, 6) is 0.486. The average Bonchev–Trinajstić information content (AvgIpc) is 2.42. The normalized spacial score (nSPS) is 10.3. The van der Waals surface area contributed by atoms with E-state index in [1.165, 1.54) is 0 Å². The minimum Gasteiger partial charge on any atom is -0.477 e. The van der Waals surface area contributed by atoms with Crippen molar-refractivity contribution in [2.24, 2.45) is 0 Å². The van der Waals surface area contributed by atoms with E-state index in [1.807, 2.05) is 13.0 Å². The molecular weight excluding hydrogens is 254 g/mol. The number of hydrogen-bond donors (Lipinski definition) is 3. The lowest BCUT2D eigenvalue weighted by Crippen LogP contribution is -2.08. The Hall–Kier alpha value is -2.63. The Morgan fingerprint density at radius 1 is 1.40 bits per heavy atom. The topological polar surface area (TPSA) is 111 Å². The van der Waals surface area contributed by atoms with Gasteiger partial charge in [-0.15, -0.1) is 0 Å². The highest BCUT2D eigenvalue weighted by Crippen LogP contribution is 2.30. The van der Waals surface area contributed by atoms with Gasteiger partial charge in [-0.2, -0.15) is 0 Å². The van der Waals surface area contributed by atoms with E-state index in [-0.39, 0.29) is 5.71 Å². The molecule has 0 aliphatic carbocycles. The molecule has 0 atom stereocenters. The number of nitrogens with one attached hydrogen (secondary N) is 1. The smallest absolute Gasteiger partial charge is 0.222 e. The number of ether oxygens (including phenoxy) is 1. The number of nitrogens with two attached hydrogens (primary N) is 2. The zero-order valence-corrected chi connectivity index (χ0v) is 11.5. The summed E-state index contributed by atoms with van der Waals surface area (Å²) in [5.41, 5.74) is 14.4. The van der Waals surface area contributed by atoms with Crippen LogP contribution in [-0.2, 0) is 0 Å². The molecule has 6 heteroatoms. The molecule has 6 nitrogen and oxygen atoms in total. The first-order chi connectivity index (χ1) is 9.54. The molecule has 0 radical (unpaired) electrons. The van der Waals surface area contributed by atoms with Gasteiger partial charge in [0.15, 0.2) is 0 Å². The van der Waals surface area contributed by atoms with Crippen LogP contribution in [-0.4, -0.2) is 22.3 Å². The van der Waals surface area contributed by atoms with E-state index in [9.17, 15) is 0 Å². The predicted octanol–water partition coefficient (Wildman–Crippen LogP) is 2.09. The van der Waals surface area contributed by atoms with Crippen molar-refractivity contribution in [3.05, 3.63) is 30.1 Å². The average molecular weight is 271 g/mol. The van der Waals surface area contributed by atoms with Crippen LogP contribution in [0.15, 0.2) is 24.4 Å². The van der Waals surface area contributed by atoms with Gasteiger partial charge in [0.05, 0.1) is 35.0 Å². The number of rotatable bonds is 4. The SMILES string of the molecule is CCOc1ncccc1-c1cc(N)c(N)c(C(C)=N)n1. The maximum Gasteiger partial charge on any atom is 0.222 e. The van der Waals surface area contributed by atoms with Crippen molar-refractivity contribution < 1.29 is 4.74 Å². The van der Waals surface area contributed by atoms with Crippen molar-refractivity contribution in [3.8, 4) is 17.1 Å². The highest BCUT2D eigenvalue weighted by molar-refractivity contribution is 6.02. The third-order valence-electron chi connectivity index (χ3n) is 2.77. The second kappa shape index (κ2) is 5.56. The molecule has 0 fully saturated rings. The summed E-state index contributed by atoms with van der Waals surface area (Å²) in [6, 6.07) is 5.31. The Labute approximate surface area is 117 Å². The van der Waals surface area contributed by atoms with Crippen molar-refractivity contribution in [2.75, 3.05) is 18.1 Å². The molecule has 0 aromatic carbocycles. The fraction of sp³-hybridized carbons (Fsp3) is 0.214. The molecule has 104 valence electrons. The molecule has 0 amide bonds. The molecule has 2 aromatic heterocycles. The van der Waals surface area contributed by atoms with E-state index in [1.54, 1.807) is 25.3 Å². The zero-order chi connectivity index (χ0) is 14.7. The highest BCUT2D eigenvalue weighted by atomic mass is 16.5. The Morgan fingerprint density at radius 3 is 2.80 bits per heavy atom. The van der Waals surface area contributed by atoms with Crippen LogP contribution in [0.5, 0.6) is 5.88 Å². The summed E-state index contributed by atoms with van der Waals surface area (Å²) < 4.78 is 5.49. The standard InChI is InChI=1S/C14H17N5O/c1-3-20-14-9(5-4-6-18-14)11-7-10(16)12(17)13(19-11)8(2)15/h4-7,15H,3,17H2,1-2H3,(H2,16,19). The van der Waals surface area contributed by atoms with E-state index >= 15 is 0 Å². The largest absolute Gasteiger partial charge is 0.477 e. The molecule has 2 heterocycles. The first-order valence-corrected chi connectivity index (χ1v) is 6.24. The van der Waals surface area contributed by atoms with Gasteiger partial charge >= 0.3 is 0 Å². The molecule has 0 spiro atoms. The van der Waals surface area contributed by atoms with Crippen LogP contribution < -0.4 is 16.2 Å². The summed E-state index contributed by atoms with van der Waals surface area (Å²) in [6.45, 7) is 4.01. The van der Waals surface area contributed by atoms with Crippen LogP contribution >= 0.6 is 0 Å². The Morgan fingerprint density at radius 2 is 2.15 bits per heavy atom. The van der Waals surface area contributed by atoms with E-state index in [2.05, 4.69) is 9.97 Å². The predicted molar refractivity (Wildman–Crippen MR) is 80.0 cm³/mol. The number of nitrogens with zero attached hydrogens (tertiary/aromatic N) is 2. The number of nitrogen functional groups attached to an aromatic ring is 2. The van der Waals surface area contributed by atoms with Crippen molar-refractivity contribution in [1.29, 1.82) is 5.41 Å². The third kappa shape index (κ3) is 2.54. The second-order valence-corrected chi connectivity index (χ2v) is 4.27. The molecule has 0 aliphatic heterocycles. The monoisotopic (exact) mass is 271 g/mol. The van der Waals surface area contributed by atoms with Crippen molar-refractivity contribution in [1.82, 2.24) is 9.97 Å². The maximum absolute atomic E-state index is 7.72. The molecule has 5 N–H and O–H groups in total. The molecule has 0 aliphatic rings. The van der Waals surface area contributed by atoms with E-state index in [4.69, 9.17) is 21.6 Å². The van der Waals surface area contributed by atoms with Crippen LogP contribution in [0.4, 0.5) is 11.4 Å². The third-order valence-corrected chi connectivity index (χ3v) is 2.77. The molecule has 0 saturated heterocycles. The summed E-state index contributed by atoms with van der Waals surface area (Å²) in [5, 5.41) is 7.72. The van der Waals surface area contributed by atoms with Crippen LogP contribution in [0.1, 0.15) is 19.5 Å². The van der Waals surface area contributed by atoms with Crippen LogP contribution in [0.3, 0.4) is 0 Å². The van der Waals surface area contributed by atoms with Crippen molar-refractivity contribution >= 4 is 17.1 Å². The van der Waals surface area contributed by atoms with Crippen LogP contribution in [0.25, 0.3) is 11.3 Å². The summed E-state index contributed by atoms with van der Waals surface area (Å²) in [4.78, 5) is 8.58. The van der Waals surface area contributed by atoms with Gasteiger partial charge in [-0.3, -0.25) is 0 Å². The van der Waals surface area contributed by atoms with Gasteiger partial charge in [-0.25, -0.2) is 9.97 Å². The van der Waals surface area contributed by atoms with Gasteiger partial charge in [0.25, 0.3) is 0 Å². The first kappa shape index (κ1) is 13.8. The lowest BCUT2D eigenvalue weighted by Gasteiger charge is -2.12. The van der Waals surface area contributed by atoms with Crippen LogP contribution in [0, 0.1) is 5.41 Å². The van der Waals surface area contributed by atoms with Gasteiger partial charge in [0.2, 0.25) is 5.88 Å². The summed E-state index contributed by atoms with van der Waals surface area (Å²) in [7, 11) is 0. The Bertz CT molecular complexity index is 654. The number of aromatic nitrogens is 2. The molecular formula is C14H17N5O. The van der Waals surface area contributed by atoms with Gasteiger partial charge in [0, 0.05) is 6.20 Å². The van der Waals surface area contributed by atoms with Crippen molar-refractivity contribution in [2.45, 2.75) is 13.8 Å². The lowest BCUT2D eigenvalue weighted by atomic mass is 10.1. The fourth-order valence-corrected chi connectivity index (χ4v) is 1.84. The van der Waals surface area contributed by atoms with Gasteiger partial charge in [-0.05, 0) is 32.0 Å². The van der Waals surface area contributed by atoms with E-state index in [0.29, 0.717) is 35.2 Å². The first-order valence-electron chi connectivity index (χ1n) is 6.24. The number of hydrogen-bond acceptors (Lipinski definition) is 6. The molecule has 0 saturated carbocycles. The summed E-state index contributed by atoms with van der Waals surface area (Å²) in [6.07, 6.45) is 1.65. The molecule has 2 aromatic rings. The molecule has 0 bridgehead atoms. The fourth-order valence-electron chi connectivity index (χ4n) is 1.84. The highest BCUT2D eigenvalue weighted by Gasteiger charge is 2.14. The van der Waals surface area contributed by atoms with Gasteiger partial charge in [0.1, 0.15) is 5.69 Å². The van der Waals surface area contributed by atoms with Gasteiger partial charge < -0.3 is 21.6 Å². The van der Waals surface area contributed by atoms with E-state index in [0.717, 1.165) is 5.56 Å². The molecule has 2 rings (SSSR count). The summed E-state index contributed by atoms with van der Waals surface area (Å²) >= 11 is 0. The molecule has 0 unspecified atom stereocenters. The van der Waals surface area contributed by atoms with Crippen LogP contribution in [0.2, 0.25) is 0 Å². The quantitative estimate of drug-likeness (QED) is 0.737. The lowest BCUT2D eigenvalue weighted by molar-refractivity contribution is 0.328. The Balaban J connectivity index is 2.62. The zero-order valence-electron chi connectivity index (χ0n) is 11.5. The second-order valence-electron chi connectivity index (χ2n) is 4.27. The van der Waals surface area contributed by atoms with E-state index < -0.39 is 0 Å². The van der Waals surface area contributed by atoms with Crippen molar-refractivity contribution in [3.63, 3.8) is 0 Å².